The van der Waals surface area contributed by atoms with Gasteiger partial charge in [-0.15, -0.1) is 0 Å². The quantitative estimate of drug-likeness (QED) is 0.729. The molecule has 0 radical (unpaired) electrons. The molecule has 3 rings (SSSR count). The Morgan fingerprint density at radius 1 is 1.38 bits per heavy atom. The Balaban J connectivity index is 1.74. The van der Waals surface area contributed by atoms with Crippen LogP contribution in [0.5, 0.6) is 11.5 Å². The molecule has 6 nitrogen and oxygen atoms in total. The summed E-state index contributed by atoms with van der Waals surface area (Å²) in [6.45, 7) is 2.51. The van der Waals surface area contributed by atoms with E-state index in [-0.39, 0.29) is 6.61 Å². The highest BCUT2D eigenvalue weighted by Gasteiger charge is 2.29. The zero-order valence-electron chi connectivity index (χ0n) is 11.7. The van der Waals surface area contributed by atoms with Crippen LogP contribution >= 0.6 is 0 Å². The molecule has 0 saturated heterocycles. The van der Waals surface area contributed by atoms with Crippen LogP contribution in [0, 0.1) is 0 Å². The highest BCUT2D eigenvalue weighted by atomic mass is 16.5. The number of hydrogen-bond acceptors (Lipinski definition) is 6. The fourth-order valence-corrected chi connectivity index (χ4v) is 2.01. The van der Waals surface area contributed by atoms with Gasteiger partial charge in [0.2, 0.25) is 11.7 Å². The molecular weight excluding hydrogens is 272 g/mol. The Labute approximate surface area is 122 Å². The van der Waals surface area contributed by atoms with Crippen LogP contribution in [0.1, 0.15) is 47.8 Å². The van der Waals surface area contributed by atoms with Crippen molar-refractivity contribution >= 4 is 6.29 Å². The van der Waals surface area contributed by atoms with Gasteiger partial charge in [-0.05, 0) is 31.9 Å². The molecule has 2 aromatic rings. The number of para-hydroxylation sites is 1. The summed E-state index contributed by atoms with van der Waals surface area (Å²) in [5, 5.41) is 3.88. The molecule has 110 valence electrons. The van der Waals surface area contributed by atoms with Crippen molar-refractivity contribution in [3.8, 4) is 11.5 Å². The van der Waals surface area contributed by atoms with Crippen LogP contribution in [0.4, 0.5) is 0 Å². The molecule has 1 aromatic heterocycles. The molecule has 0 amide bonds. The van der Waals surface area contributed by atoms with E-state index in [1.165, 1.54) is 0 Å². The lowest BCUT2D eigenvalue weighted by molar-refractivity contribution is 0.111. The molecule has 0 aliphatic heterocycles. The lowest BCUT2D eigenvalue weighted by atomic mass is 10.2. The van der Waals surface area contributed by atoms with Crippen molar-refractivity contribution in [2.45, 2.75) is 32.3 Å². The predicted molar refractivity (Wildman–Crippen MR) is 73.6 cm³/mol. The van der Waals surface area contributed by atoms with Gasteiger partial charge < -0.3 is 14.0 Å². The Morgan fingerprint density at radius 3 is 2.95 bits per heavy atom. The number of carbonyl (C=O) groups excluding carboxylic acids is 1. The first-order valence-corrected chi connectivity index (χ1v) is 6.98. The monoisotopic (exact) mass is 288 g/mol. The summed E-state index contributed by atoms with van der Waals surface area (Å²) in [6, 6.07) is 5.19. The average molecular weight is 288 g/mol. The van der Waals surface area contributed by atoms with E-state index in [1.54, 1.807) is 18.2 Å². The van der Waals surface area contributed by atoms with Gasteiger partial charge >= 0.3 is 0 Å². The van der Waals surface area contributed by atoms with Crippen LogP contribution in [0.3, 0.4) is 0 Å². The summed E-state index contributed by atoms with van der Waals surface area (Å²) in [7, 11) is 0. The van der Waals surface area contributed by atoms with E-state index in [0.717, 1.165) is 19.1 Å². The Morgan fingerprint density at radius 2 is 2.24 bits per heavy atom. The molecule has 0 atom stereocenters. The van der Waals surface area contributed by atoms with E-state index in [0.29, 0.717) is 41.3 Å². The summed E-state index contributed by atoms with van der Waals surface area (Å²) < 4.78 is 16.3. The van der Waals surface area contributed by atoms with Crippen LogP contribution in [-0.4, -0.2) is 23.0 Å². The van der Waals surface area contributed by atoms with Crippen molar-refractivity contribution in [2.75, 3.05) is 6.61 Å². The molecule has 0 bridgehead atoms. The van der Waals surface area contributed by atoms with Gasteiger partial charge in [-0.3, -0.25) is 4.79 Å². The lowest BCUT2D eigenvalue weighted by Crippen LogP contribution is -2.03. The predicted octanol–water partition coefficient (Wildman–Crippen LogP) is 2.74. The lowest BCUT2D eigenvalue weighted by Gasteiger charge is -2.12. The van der Waals surface area contributed by atoms with Crippen LogP contribution in [0.15, 0.2) is 22.7 Å². The molecule has 1 aliphatic rings. The fraction of sp³-hybridized carbons (Fsp3) is 0.400. The van der Waals surface area contributed by atoms with Gasteiger partial charge in [0.15, 0.2) is 24.4 Å². The van der Waals surface area contributed by atoms with Gasteiger partial charge in [-0.25, -0.2) is 0 Å². The van der Waals surface area contributed by atoms with Crippen LogP contribution in [0.25, 0.3) is 0 Å². The van der Waals surface area contributed by atoms with E-state index in [4.69, 9.17) is 14.0 Å². The maximum atomic E-state index is 11.1. The highest BCUT2D eigenvalue weighted by Crippen LogP contribution is 2.39. The molecule has 1 aliphatic carbocycles. The molecule has 21 heavy (non-hydrogen) atoms. The van der Waals surface area contributed by atoms with E-state index in [1.807, 2.05) is 6.92 Å². The van der Waals surface area contributed by atoms with Gasteiger partial charge in [-0.1, -0.05) is 11.2 Å². The number of carbonyl (C=O) groups is 1. The second kappa shape index (κ2) is 5.95. The molecule has 1 fully saturated rings. The number of hydrogen-bond donors (Lipinski definition) is 0. The van der Waals surface area contributed by atoms with E-state index in [9.17, 15) is 4.79 Å². The SMILES string of the molecule is CCOc1cccc(C=O)c1OCc1noc(C2CC2)n1. The van der Waals surface area contributed by atoms with Crippen molar-refractivity contribution in [3.63, 3.8) is 0 Å². The van der Waals surface area contributed by atoms with Crippen molar-refractivity contribution in [3.05, 3.63) is 35.5 Å². The van der Waals surface area contributed by atoms with E-state index < -0.39 is 0 Å². The number of nitrogens with zero attached hydrogens (tertiary/aromatic N) is 2. The van der Waals surface area contributed by atoms with Gasteiger partial charge in [0.05, 0.1) is 12.2 Å². The normalized spacial score (nSPS) is 14.0. The summed E-state index contributed by atoms with van der Waals surface area (Å²) in [5.41, 5.74) is 0.437. The summed E-state index contributed by atoms with van der Waals surface area (Å²) in [6.07, 6.45) is 2.94. The maximum Gasteiger partial charge on any atom is 0.229 e. The topological polar surface area (TPSA) is 74.5 Å². The number of ether oxygens (including phenoxy) is 2. The summed E-state index contributed by atoms with van der Waals surface area (Å²) >= 11 is 0. The third-order valence-electron chi connectivity index (χ3n) is 3.19. The summed E-state index contributed by atoms with van der Waals surface area (Å²) in [5.74, 6) is 2.50. The Kier molecular flexibility index (Phi) is 3.85. The standard InChI is InChI=1S/C15H16N2O4/c1-2-19-12-5-3-4-11(8-18)14(12)20-9-13-16-15(21-17-13)10-6-7-10/h3-5,8,10H,2,6-7,9H2,1H3. The van der Waals surface area contributed by atoms with Crippen molar-refractivity contribution < 1.29 is 18.8 Å². The molecule has 1 saturated carbocycles. The van der Waals surface area contributed by atoms with Crippen LogP contribution in [-0.2, 0) is 6.61 Å². The molecule has 1 aromatic carbocycles. The zero-order valence-corrected chi connectivity index (χ0v) is 11.7. The molecule has 0 unspecified atom stereocenters. The van der Waals surface area contributed by atoms with E-state index >= 15 is 0 Å². The second-order valence-electron chi connectivity index (χ2n) is 4.84. The van der Waals surface area contributed by atoms with Crippen LogP contribution < -0.4 is 9.47 Å². The Hall–Kier alpha value is -2.37. The van der Waals surface area contributed by atoms with Gasteiger partial charge in [0.1, 0.15) is 0 Å². The molecule has 1 heterocycles. The van der Waals surface area contributed by atoms with Gasteiger partial charge in [0.25, 0.3) is 0 Å². The number of aldehydes is 1. The second-order valence-corrected chi connectivity index (χ2v) is 4.84. The van der Waals surface area contributed by atoms with Crippen molar-refractivity contribution in [1.82, 2.24) is 10.1 Å². The first kappa shape index (κ1) is 13.6. The third-order valence-corrected chi connectivity index (χ3v) is 3.19. The molecule has 0 spiro atoms. The molecular formula is C15H16N2O4. The fourth-order valence-electron chi connectivity index (χ4n) is 2.01. The molecule has 0 N–H and O–H groups in total. The number of aromatic nitrogens is 2. The molecule has 6 heteroatoms. The smallest absolute Gasteiger partial charge is 0.229 e. The minimum Gasteiger partial charge on any atom is -0.490 e. The average Bonchev–Trinajstić information content (AvgIpc) is 3.25. The largest absolute Gasteiger partial charge is 0.490 e. The van der Waals surface area contributed by atoms with Crippen LogP contribution in [0.2, 0.25) is 0 Å². The maximum absolute atomic E-state index is 11.1. The van der Waals surface area contributed by atoms with Gasteiger partial charge in [0, 0.05) is 5.92 Å². The van der Waals surface area contributed by atoms with Gasteiger partial charge in [-0.2, -0.15) is 4.98 Å². The highest BCUT2D eigenvalue weighted by molar-refractivity contribution is 5.81. The van der Waals surface area contributed by atoms with Crippen molar-refractivity contribution in [2.24, 2.45) is 0 Å². The minimum absolute atomic E-state index is 0.140. The number of rotatable bonds is 7. The Bertz CT molecular complexity index is 634. The zero-order chi connectivity index (χ0) is 14.7. The third kappa shape index (κ3) is 3.04. The summed E-state index contributed by atoms with van der Waals surface area (Å²) in [4.78, 5) is 15.4. The van der Waals surface area contributed by atoms with E-state index in [2.05, 4.69) is 10.1 Å². The van der Waals surface area contributed by atoms with Crippen molar-refractivity contribution in [1.29, 1.82) is 0 Å². The minimum atomic E-state index is 0.140. The number of benzene rings is 1. The first-order valence-electron chi connectivity index (χ1n) is 6.98. The first-order chi connectivity index (χ1) is 10.3.